The van der Waals surface area contributed by atoms with Gasteiger partial charge in [0.15, 0.2) is 0 Å². The van der Waals surface area contributed by atoms with Crippen molar-refractivity contribution in [1.29, 1.82) is 0 Å². The van der Waals surface area contributed by atoms with Crippen molar-refractivity contribution in [3.05, 3.63) is 30.1 Å². The first-order valence-electron chi connectivity index (χ1n) is 8.36. The van der Waals surface area contributed by atoms with E-state index in [0.717, 1.165) is 58.4 Å². The van der Waals surface area contributed by atoms with E-state index in [0.29, 0.717) is 5.91 Å². The monoisotopic (exact) mass is 302 g/mol. The number of aromatic nitrogens is 2. The molecule has 1 aliphatic carbocycles. The van der Waals surface area contributed by atoms with E-state index < -0.39 is 0 Å². The lowest BCUT2D eigenvalue weighted by Crippen LogP contribution is -2.39. The molecule has 5 heteroatoms. The smallest absolute Gasteiger partial charge is 0.226 e. The van der Waals surface area contributed by atoms with Crippen LogP contribution in [0.2, 0.25) is 0 Å². The van der Waals surface area contributed by atoms with Crippen LogP contribution in [0.1, 0.15) is 31.2 Å². The van der Waals surface area contributed by atoms with Crippen molar-refractivity contribution < 1.29 is 4.79 Å². The van der Waals surface area contributed by atoms with Gasteiger partial charge in [-0.3, -0.25) is 14.4 Å². The third kappa shape index (κ3) is 3.77. The molecule has 1 amide bonds. The molecule has 120 valence electrons. The molecule has 0 N–H and O–H groups in total. The molecule has 2 aliphatic rings. The Morgan fingerprint density at radius 1 is 1.27 bits per heavy atom. The van der Waals surface area contributed by atoms with Crippen LogP contribution in [0.4, 0.5) is 0 Å². The van der Waals surface area contributed by atoms with Gasteiger partial charge in [-0.1, -0.05) is 12.2 Å². The van der Waals surface area contributed by atoms with Gasteiger partial charge in [0, 0.05) is 57.4 Å². The summed E-state index contributed by atoms with van der Waals surface area (Å²) in [5.41, 5.74) is 1.25. The molecule has 3 rings (SSSR count). The zero-order valence-electron chi connectivity index (χ0n) is 13.4. The number of carbonyl (C=O) groups excluding carboxylic acids is 1. The summed E-state index contributed by atoms with van der Waals surface area (Å²) in [6.07, 6.45) is 12.4. The van der Waals surface area contributed by atoms with Crippen LogP contribution in [0.25, 0.3) is 0 Å². The zero-order valence-corrected chi connectivity index (χ0v) is 13.4. The normalized spacial score (nSPS) is 23.5. The number of aryl methyl sites for hydroxylation is 1. The zero-order chi connectivity index (χ0) is 15.4. The summed E-state index contributed by atoms with van der Waals surface area (Å²) in [6, 6.07) is 0. The first-order valence-corrected chi connectivity index (χ1v) is 8.36. The number of nitrogens with zero attached hydrogens (tertiary/aromatic N) is 4. The number of hydrogen-bond acceptors (Lipinski definition) is 3. The fourth-order valence-electron chi connectivity index (χ4n) is 3.44. The Hall–Kier alpha value is -1.62. The maximum absolute atomic E-state index is 12.6. The standard InChI is InChI=1S/C17H26N4O/c1-19-13-15(12-18-19)14-20-8-5-9-21(11-10-20)17(22)16-6-3-2-4-7-16/h2-3,12-13,16H,4-11,14H2,1H3/t16-/m1/s1. The summed E-state index contributed by atoms with van der Waals surface area (Å²) in [6.45, 7) is 4.72. The third-order valence-corrected chi connectivity index (χ3v) is 4.68. The van der Waals surface area contributed by atoms with Crippen LogP contribution in [0.15, 0.2) is 24.5 Å². The van der Waals surface area contributed by atoms with Crippen molar-refractivity contribution in [2.75, 3.05) is 26.2 Å². The number of allylic oxidation sites excluding steroid dienone is 2. The average Bonchev–Trinajstić information content (AvgIpc) is 2.81. The highest BCUT2D eigenvalue weighted by Gasteiger charge is 2.26. The van der Waals surface area contributed by atoms with Crippen molar-refractivity contribution in [2.24, 2.45) is 13.0 Å². The molecule has 5 nitrogen and oxygen atoms in total. The first-order chi connectivity index (χ1) is 10.7. The van der Waals surface area contributed by atoms with E-state index in [1.807, 2.05) is 17.9 Å². The van der Waals surface area contributed by atoms with E-state index in [-0.39, 0.29) is 5.92 Å². The molecule has 2 heterocycles. The fraction of sp³-hybridized carbons (Fsp3) is 0.647. The lowest BCUT2D eigenvalue weighted by Gasteiger charge is -2.27. The second-order valence-corrected chi connectivity index (χ2v) is 6.46. The minimum Gasteiger partial charge on any atom is -0.341 e. The Balaban J connectivity index is 1.53. The topological polar surface area (TPSA) is 41.4 Å². The Labute approximate surface area is 132 Å². The third-order valence-electron chi connectivity index (χ3n) is 4.68. The number of amides is 1. The number of rotatable bonds is 3. The van der Waals surface area contributed by atoms with Crippen molar-refractivity contribution >= 4 is 5.91 Å². The molecule has 0 radical (unpaired) electrons. The van der Waals surface area contributed by atoms with Gasteiger partial charge in [-0.2, -0.15) is 5.10 Å². The summed E-state index contributed by atoms with van der Waals surface area (Å²) >= 11 is 0. The molecule has 22 heavy (non-hydrogen) atoms. The summed E-state index contributed by atoms with van der Waals surface area (Å²) in [4.78, 5) is 17.2. The molecule has 0 unspecified atom stereocenters. The van der Waals surface area contributed by atoms with Gasteiger partial charge in [-0.15, -0.1) is 0 Å². The molecular formula is C17H26N4O. The largest absolute Gasteiger partial charge is 0.341 e. The van der Waals surface area contributed by atoms with Crippen LogP contribution in [-0.2, 0) is 18.4 Å². The van der Waals surface area contributed by atoms with Crippen LogP contribution in [-0.4, -0.2) is 51.7 Å². The molecule has 1 fully saturated rings. The Kier molecular flexibility index (Phi) is 4.93. The van der Waals surface area contributed by atoms with Crippen LogP contribution in [0.5, 0.6) is 0 Å². The summed E-state index contributed by atoms with van der Waals surface area (Å²) in [5, 5.41) is 4.23. The van der Waals surface area contributed by atoms with Crippen LogP contribution in [0, 0.1) is 5.92 Å². The average molecular weight is 302 g/mol. The van der Waals surface area contributed by atoms with Crippen LogP contribution < -0.4 is 0 Å². The fourth-order valence-corrected chi connectivity index (χ4v) is 3.44. The highest BCUT2D eigenvalue weighted by atomic mass is 16.2. The lowest BCUT2D eigenvalue weighted by atomic mass is 9.93. The van der Waals surface area contributed by atoms with Crippen molar-refractivity contribution in [3.8, 4) is 0 Å². The second-order valence-electron chi connectivity index (χ2n) is 6.46. The van der Waals surface area contributed by atoms with E-state index in [2.05, 4.69) is 33.2 Å². The van der Waals surface area contributed by atoms with Crippen LogP contribution in [0.3, 0.4) is 0 Å². The molecule has 0 bridgehead atoms. The predicted octanol–water partition coefficient (Wildman–Crippen LogP) is 1.81. The first kappa shape index (κ1) is 15.3. The predicted molar refractivity (Wildman–Crippen MR) is 86.2 cm³/mol. The van der Waals surface area contributed by atoms with Gasteiger partial charge in [0.2, 0.25) is 5.91 Å². The lowest BCUT2D eigenvalue weighted by molar-refractivity contribution is -0.135. The number of hydrogen-bond donors (Lipinski definition) is 0. The maximum Gasteiger partial charge on any atom is 0.226 e. The highest BCUT2D eigenvalue weighted by Crippen LogP contribution is 2.21. The minimum absolute atomic E-state index is 0.217. The minimum atomic E-state index is 0.217. The highest BCUT2D eigenvalue weighted by molar-refractivity contribution is 5.79. The van der Waals surface area contributed by atoms with Gasteiger partial charge < -0.3 is 4.90 Å². The Bertz CT molecular complexity index is 537. The van der Waals surface area contributed by atoms with Gasteiger partial charge >= 0.3 is 0 Å². The van der Waals surface area contributed by atoms with Gasteiger partial charge in [0.05, 0.1) is 6.20 Å². The van der Waals surface area contributed by atoms with E-state index in [1.54, 1.807) is 0 Å². The van der Waals surface area contributed by atoms with Crippen molar-refractivity contribution in [2.45, 2.75) is 32.2 Å². The van der Waals surface area contributed by atoms with Gasteiger partial charge in [0.25, 0.3) is 0 Å². The molecule has 1 aliphatic heterocycles. The van der Waals surface area contributed by atoms with Gasteiger partial charge in [-0.05, 0) is 25.7 Å². The number of carbonyl (C=O) groups is 1. The van der Waals surface area contributed by atoms with E-state index >= 15 is 0 Å². The molecule has 0 saturated carbocycles. The molecule has 1 aromatic heterocycles. The van der Waals surface area contributed by atoms with Crippen molar-refractivity contribution in [3.63, 3.8) is 0 Å². The molecule has 1 saturated heterocycles. The van der Waals surface area contributed by atoms with Gasteiger partial charge in [-0.25, -0.2) is 0 Å². The van der Waals surface area contributed by atoms with E-state index in [4.69, 9.17) is 0 Å². The molecule has 1 atom stereocenters. The second kappa shape index (κ2) is 7.09. The quantitative estimate of drug-likeness (QED) is 0.800. The SMILES string of the molecule is Cn1cc(CN2CCCN(C(=O)[C@@H]3CC=CCC3)CC2)cn1. The van der Waals surface area contributed by atoms with E-state index in [1.165, 1.54) is 5.56 Å². The van der Waals surface area contributed by atoms with Crippen LogP contribution >= 0.6 is 0 Å². The van der Waals surface area contributed by atoms with Crippen molar-refractivity contribution in [1.82, 2.24) is 19.6 Å². The van der Waals surface area contributed by atoms with E-state index in [9.17, 15) is 4.79 Å². The maximum atomic E-state index is 12.6. The molecule has 1 aromatic rings. The summed E-state index contributed by atoms with van der Waals surface area (Å²) in [7, 11) is 1.95. The molecule has 0 spiro atoms. The van der Waals surface area contributed by atoms with Gasteiger partial charge in [0.1, 0.15) is 0 Å². The summed E-state index contributed by atoms with van der Waals surface area (Å²) < 4.78 is 1.85. The Morgan fingerprint density at radius 2 is 2.18 bits per heavy atom. The molecule has 0 aromatic carbocycles. The summed E-state index contributed by atoms with van der Waals surface area (Å²) in [5.74, 6) is 0.586. The molecular weight excluding hydrogens is 276 g/mol. The Morgan fingerprint density at radius 3 is 2.91 bits per heavy atom.